The van der Waals surface area contributed by atoms with Crippen molar-refractivity contribution in [2.45, 2.75) is 0 Å². The van der Waals surface area contributed by atoms with E-state index in [-0.39, 0.29) is 24.2 Å². The van der Waals surface area contributed by atoms with Gasteiger partial charge in [-0.2, -0.15) is 5.26 Å². The van der Waals surface area contributed by atoms with E-state index in [2.05, 4.69) is 5.32 Å². The highest BCUT2D eigenvalue weighted by molar-refractivity contribution is 7.14. The van der Waals surface area contributed by atoms with Crippen LogP contribution in [0.15, 0.2) is 35.7 Å². The second-order valence-corrected chi connectivity index (χ2v) is 6.81. The molecule has 8 heteroatoms. The first-order chi connectivity index (χ1) is 12.6. The first kappa shape index (κ1) is 18.0. The zero-order chi connectivity index (χ0) is 18.5. The van der Waals surface area contributed by atoms with E-state index >= 15 is 0 Å². The van der Waals surface area contributed by atoms with E-state index in [0.29, 0.717) is 42.3 Å². The van der Waals surface area contributed by atoms with Crippen LogP contribution in [0.4, 0.5) is 9.39 Å². The van der Waals surface area contributed by atoms with Crippen LogP contribution in [-0.4, -0.2) is 54.3 Å². The molecule has 0 unspecified atom stereocenters. The summed E-state index contributed by atoms with van der Waals surface area (Å²) in [5.74, 6) is -0.684. The summed E-state index contributed by atoms with van der Waals surface area (Å²) in [5, 5.41) is 14.0. The number of nitriles is 1. The first-order valence-electron chi connectivity index (χ1n) is 8.11. The molecule has 0 aliphatic carbocycles. The number of carbonyl (C=O) groups excluding carboxylic acids is 2. The van der Waals surface area contributed by atoms with Crippen molar-refractivity contribution in [3.05, 3.63) is 52.7 Å². The summed E-state index contributed by atoms with van der Waals surface area (Å²) in [6.07, 6.45) is 0. The predicted octanol–water partition coefficient (Wildman–Crippen LogP) is 2.16. The zero-order valence-corrected chi connectivity index (χ0v) is 14.8. The fraction of sp³-hybridized carbons (Fsp3) is 0.278. The van der Waals surface area contributed by atoms with Gasteiger partial charge in [0.15, 0.2) is 0 Å². The van der Waals surface area contributed by atoms with Gasteiger partial charge in [0.1, 0.15) is 16.9 Å². The Bertz CT molecular complexity index is 836. The fourth-order valence-electron chi connectivity index (χ4n) is 2.75. The summed E-state index contributed by atoms with van der Waals surface area (Å²) in [6, 6.07) is 9.20. The Kier molecular flexibility index (Phi) is 5.61. The minimum absolute atomic E-state index is 0.133. The summed E-state index contributed by atoms with van der Waals surface area (Å²) in [6.45, 7) is 2.38. The van der Waals surface area contributed by atoms with Crippen molar-refractivity contribution in [3.8, 4) is 6.07 Å². The molecule has 2 aromatic rings. The number of carbonyl (C=O) groups is 2. The number of hydrogen-bond donors (Lipinski definition) is 1. The molecule has 1 aliphatic heterocycles. The normalized spacial score (nSPS) is 14.7. The molecule has 134 valence electrons. The van der Waals surface area contributed by atoms with Crippen LogP contribution in [0.1, 0.15) is 15.9 Å². The summed E-state index contributed by atoms with van der Waals surface area (Å²) >= 11 is 1.31. The standard InChI is InChI=1S/C18H17FN4O2S/c19-15-3-1-13(2-4-15)18(25)23-8-6-22(7-9-23)12-16(24)21-17-14(11-20)5-10-26-17/h1-5,10H,6-9,12H2,(H,21,24). The number of nitrogens with one attached hydrogen (secondary N) is 1. The summed E-state index contributed by atoms with van der Waals surface area (Å²) in [7, 11) is 0. The lowest BCUT2D eigenvalue weighted by atomic mass is 10.2. The quantitative estimate of drug-likeness (QED) is 0.892. The Hall–Kier alpha value is -2.76. The van der Waals surface area contributed by atoms with Crippen LogP contribution in [0.3, 0.4) is 0 Å². The van der Waals surface area contributed by atoms with E-state index < -0.39 is 0 Å². The number of anilines is 1. The van der Waals surface area contributed by atoms with E-state index in [4.69, 9.17) is 5.26 Å². The van der Waals surface area contributed by atoms with Gasteiger partial charge in [-0.3, -0.25) is 14.5 Å². The Labute approximate surface area is 154 Å². The van der Waals surface area contributed by atoms with Crippen molar-refractivity contribution >= 4 is 28.2 Å². The maximum atomic E-state index is 13.0. The molecule has 6 nitrogen and oxygen atoms in total. The second-order valence-electron chi connectivity index (χ2n) is 5.90. The average molecular weight is 372 g/mol. The van der Waals surface area contributed by atoms with Gasteiger partial charge in [-0.05, 0) is 35.7 Å². The Morgan fingerprint density at radius 1 is 1.15 bits per heavy atom. The van der Waals surface area contributed by atoms with E-state index in [9.17, 15) is 14.0 Å². The van der Waals surface area contributed by atoms with E-state index in [1.807, 2.05) is 11.0 Å². The predicted molar refractivity (Wildman–Crippen MR) is 96.4 cm³/mol. The topological polar surface area (TPSA) is 76.4 Å². The van der Waals surface area contributed by atoms with Crippen LogP contribution in [0, 0.1) is 17.1 Å². The SMILES string of the molecule is N#Cc1ccsc1NC(=O)CN1CCN(C(=O)c2ccc(F)cc2)CC1. The second kappa shape index (κ2) is 8.08. The smallest absolute Gasteiger partial charge is 0.253 e. The summed E-state index contributed by atoms with van der Waals surface area (Å²) < 4.78 is 13.0. The van der Waals surface area contributed by atoms with Crippen LogP contribution in [0.25, 0.3) is 0 Å². The molecule has 0 atom stereocenters. The van der Waals surface area contributed by atoms with Gasteiger partial charge in [0.2, 0.25) is 5.91 Å². The summed E-state index contributed by atoms with van der Waals surface area (Å²) in [5.41, 5.74) is 0.914. The molecule has 1 saturated heterocycles. The molecule has 26 heavy (non-hydrogen) atoms. The van der Waals surface area contributed by atoms with E-state index in [1.165, 1.54) is 35.6 Å². The third-order valence-corrected chi connectivity index (χ3v) is 4.99. The van der Waals surface area contributed by atoms with Crippen LogP contribution >= 0.6 is 11.3 Å². The number of halogens is 1. The Balaban J connectivity index is 1.49. The molecule has 2 amide bonds. The van der Waals surface area contributed by atoms with E-state index in [0.717, 1.165) is 0 Å². The third kappa shape index (κ3) is 4.25. The number of amides is 2. The van der Waals surface area contributed by atoms with Gasteiger partial charge in [0.25, 0.3) is 5.91 Å². The van der Waals surface area contributed by atoms with Crippen molar-refractivity contribution in [1.82, 2.24) is 9.80 Å². The van der Waals surface area contributed by atoms with Gasteiger partial charge in [0.05, 0.1) is 12.1 Å². The molecular weight excluding hydrogens is 355 g/mol. The number of hydrogen-bond acceptors (Lipinski definition) is 5. The Morgan fingerprint density at radius 3 is 2.50 bits per heavy atom. The molecule has 1 aromatic heterocycles. The molecular formula is C18H17FN4O2S. The molecule has 0 radical (unpaired) electrons. The lowest BCUT2D eigenvalue weighted by Crippen LogP contribution is -2.50. The van der Waals surface area contributed by atoms with Crippen LogP contribution in [-0.2, 0) is 4.79 Å². The van der Waals surface area contributed by atoms with Crippen molar-refractivity contribution in [2.75, 3.05) is 38.0 Å². The van der Waals surface area contributed by atoms with Crippen LogP contribution < -0.4 is 5.32 Å². The molecule has 1 fully saturated rings. The number of piperazine rings is 1. The molecule has 1 N–H and O–H groups in total. The molecule has 0 saturated carbocycles. The minimum Gasteiger partial charge on any atom is -0.336 e. The number of benzene rings is 1. The molecule has 1 aromatic carbocycles. The maximum absolute atomic E-state index is 13.0. The minimum atomic E-state index is -0.373. The third-order valence-electron chi connectivity index (χ3n) is 4.16. The lowest BCUT2D eigenvalue weighted by Gasteiger charge is -2.34. The Morgan fingerprint density at radius 2 is 1.85 bits per heavy atom. The first-order valence-corrected chi connectivity index (χ1v) is 8.99. The summed E-state index contributed by atoms with van der Waals surface area (Å²) in [4.78, 5) is 28.2. The largest absolute Gasteiger partial charge is 0.336 e. The van der Waals surface area contributed by atoms with Gasteiger partial charge < -0.3 is 10.2 Å². The van der Waals surface area contributed by atoms with Gasteiger partial charge in [-0.25, -0.2) is 4.39 Å². The van der Waals surface area contributed by atoms with Crippen molar-refractivity contribution in [2.24, 2.45) is 0 Å². The highest BCUT2D eigenvalue weighted by Crippen LogP contribution is 2.22. The molecule has 0 spiro atoms. The van der Waals surface area contributed by atoms with Gasteiger partial charge in [-0.15, -0.1) is 11.3 Å². The lowest BCUT2D eigenvalue weighted by molar-refractivity contribution is -0.117. The van der Waals surface area contributed by atoms with Gasteiger partial charge in [0, 0.05) is 31.7 Å². The average Bonchev–Trinajstić information content (AvgIpc) is 3.09. The highest BCUT2D eigenvalue weighted by Gasteiger charge is 2.23. The maximum Gasteiger partial charge on any atom is 0.253 e. The van der Waals surface area contributed by atoms with Crippen molar-refractivity contribution in [1.29, 1.82) is 5.26 Å². The van der Waals surface area contributed by atoms with Crippen molar-refractivity contribution in [3.63, 3.8) is 0 Å². The van der Waals surface area contributed by atoms with Crippen LogP contribution in [0.2, 0.25) is 0 Å². The highest BCUT2D eigenvalue weighted by atomic mass is 32.1. The van der Waals surface area contributed by atoms with Gasteiger partial charge >= 0.3 is 0 Å². The number of nitrogens with zero attached hydrogens (tertiary/aromatic N) is 3. The zero-order valence-electron chi connectivity index (χ0n) is 13.9. The monoisotopic (exact) mass is 372 g/mol. The molecule has 2 heterocycles. The molecule has 0 bridgehead atoms. The van der Waals surface area contributed by atoms with Crippen LogP contribution in [0.5, 0.6) is 0 Å². The van der Waals surface area contributed by atoms with E-state index in [1.54, 1.807) is 16.3 Å². The van der Waals surface area contributed by atoms with Crippen molar-refractivity contribution < 1.29 is 14.0 Å². The fourth-order valence-corrected chi connectivity index (χ4v) is 3.50. The number of thiophene rings is 1. The number of rotatable bonds is 4. The molecule has 1 aliphatic rings. The molecule has 3 rings (SSSR count). The van der Waals surface area contributed by atoms with Gasteiger partial charge in [-0.1, -0.05) is 0 Å².